The fraction of sp³-hybridized carbons (Fsp3) is 0.579. The summed E-state index contributed by atoms with van der Waals surface area (Å²) < 4.78 is 4.97. The van der Waals surface area contributed by atoms with Gasteiger partial charge in [0, 0.05) is 50.1 Å². The number of carbonyl (C=O) groups excluding carboxylic acids is 2. The average molecular weight is 380 g/mol. The van der Waals surface area contributed by atoms with Gasteiger partial charge in [0.15, 0.2) is 0 Å². The van der Waals surface area contributed by atoms with Crippen LogP contribution in [0.25, 0.3) is 0 Å². The first-order chi connectivity index (χ1) is 12.4. The Morgan fingerprint density at radius 1 is 1.31 bits per heavy atom. The first kappa shape index (κ1) is 19.1. The molecule has 0 unspecified atom stereocenters. The number of hydrogen-bond acceptors (Lipinski definition) is 4. The smallest absolute Gasteiger partial charge is 0.241 e. The summed E-state index contributed by atoms with van der Waals surface area (Å²) in [5.74, 6) is 0.125. The van der Waals surface area contributed by atoms with Crippen molar-refractivity contribution < 1.29 is 14.3 Å². The van der Waals surface area contributed by atoms with Crippen LogP contribution in [0.1, 0.15) is 24.8 Å². The molecule has 1 aromatic rings. The molecule has 1 spiro atoms. The monoisotopic (exact) mass is 379 g/mol. The SMILES string of the molecule is COC[C@@H](N)C(=O)N1CCC2(CC1)CC(=O)N(Cc1ccc(Cl)cc1)C2. The van der Waals surface area contributed by atoms with Crippen LogP contribution >= 0.6 is 11.6 Å². The zero-order valence-electron chi connectivity index (χ0n) is 15.1. The molecule has 2 aliphatic rings. The lowest BCUT2D eigenvalue weighted by Crippen LogP contribution is -2.51. The van der Waals surface area contributed by atoms with E-state index in [2.05, 4.69) is 0 Å². The minimum atomic E-state index is -0.610. The van der Waals surface area contributed by atoms with Crippen LogP contribution < -0.4 is 5.73 Å². The number of likely N-dealkylation sites (tertiary alicyclic amines) is 2. The average Bonchev–Trinajstić information content (AvgIpc) is 2.92. The van der Waals surface area contributed by atoms with Gasteiger partial charge in [0.2, 0.25) is 11.8 Å². The number of methoxy groups -OCH3 is 1. The van der Waals surface area contributed by atoms with Crippen molar-refractivity contribution in [1.29, 1.82) is 0 Å². The van der Waals surface area contributed by atoms with Crippen LogP contribution in [0.5, 0.6) is 0 Å². The number of piperidine rings is 1. The van der Waals surface area contributed by atoms with E-state index in [1.165, 1.54) is 7.11 Å². The third-order valence-corrected chi connectivity index (χ3v) is 5.74. The van der Waals surface area contributed by atoms with Crippen molar-refractivity contribution >= 4 is 23.4 Å². The number of amides is 2. The van der Waals surface area contributed by atoms with Crippen LogP contribution in [0.2, 0.25) is 5.02 Å². The van der Waals surface area contributed by atoms with E-state index in [1.54, 1.807) is 4.90 Å². The highest BCUT2D eigenvalue weighted by molar-refractivity contribution is 6.30. The molecule has 0 aliphatic carbocycles. The molecule has 2 amide bonds. The molecule has 2 N–H and O–H groups in total. The Morgan fingerprint density at radius 3 is 2.58 bits per heavy atom. The van der Waals surface area contributed by atoms with Crippen molar-refractivity contribution in [2.75, 3.05) is 33.4 Å². The molecule has 2 fully saturated rings. The van der Waals surface area contributed by atoms with Gasteiger partial charge in [-0.25, -0.2) is 0 Å². The highest BCUT2D eigenvalue weighted by Crippen LogP contribution is 2.41. The molecule has 1 aromatic carbocycles. The standard InChI is InChI=1S/C19H26ClN3O3/c1-26-12-16(21)18(25)22-8-6-19(7-9-22)10-17(24)23(13-19)11-14-2-4-15(20)5-3-14/h2-5,16H,6-13,21H2,1H3/t16-/m1/s1. The zero-order valence-corrected chi connectivity index (χ0v) is 15.9. The third-order valence-electron chi connectivity index (χ3n) is 5.49. The minimum absolute atomic E-state index is 0.0222. The number of halogens is 1. The summed E-state index contributed by atoms with van der Waals surface area (Å²) in [5.41, 5.74) is 6.92. The normalized spacial score (nSPS) is 20.7. The number of ether oxygens (including phenoxy) is 1. The summed E-state index contributed by atoms with van der Waals surface area (Å²) >= 11 is 5.93. The molecular weight excluding hydrogens is 354 g/mol. The lowest BCUT2D eigenvalue weighted by atomic mass is 9.77. The molecule has 2 heterocycles. The van der Waals surface area contributed by atoms with Crippen LogP contribution in [-0.4, -0.2) is 61.0 Å². The molecule has 0 aromatic heterocycles. The van der Waals surface area contributed by atoms with Gasteiger partial charge in [-0.1, -0.05) is 23.7 Å². The maximum atomic E-state index is 12.5. The Hall–Kier alpha value is -1.63. The van der Waals surface area contributed by atoms with Gasteiger partial charge < -0.3 is 20.3 Å². The molecule has 2 saturated heterocycles. The molecule has 0 bridgehead atoms. The molecule has 7 heteroatoms. The minimum Gasteiger partial charge on any atom is -0.383 e. The Bertz CT molecular complexity index is 656. The van der Waals surface area contributed by atoms with Crippen molar-refractivity contribution in [3.05, 3.63) is 34.9 Å². The maximum absolute atomic E-state index is 12.5. The van der Waals surface area contributed by atoms with E-state index in [1.807, 2.05) is 29.2 Å². The number of rotatable bonds is 5. The predicted octanol–water partition coefficient (Wildman–Crippen LogP) is 1.65. The molecule has 1 atom stereocenters. The first-order valence-electron chi connectivity index (χ1n) is 8.98. The largest absolute Gasteiger partial charge is 0.383 e. The van der Waals surface area contributed by atoms with E-state index in [0.717, 1.165) is 24.9 Å². The van der Waals surface area contributed by atoms with Crippen molar-refractivity contribution in [2.45, 2.75) is 31.8 Å². The van der Waals surface area contributed by atoms with Gasteiger partial charge in [0.1, 0.15) is 6.04 Å². The van der Waals surface area contributed by atoms with Gasteiger partial charge in [-0.15, -0.1) is 0 Å². The van der Waals surface area contributed by atoms with Crippen LogP contribution in [0.3, 0.4) is 0 Å². The van der Waals surface area contributed by atoms with Gasteiger partial charge in [-0.3, -0.25) is 9.59 Å². The van der Waals surface area contributed by atoms with Crippen molar-refractivity contribution in [1.82, 2.24) is 9.80 Å². The number of hydrogen-bond donors (Lipinski definition) is 1. The van der Waals surface area contributed by atoms with Crippen molar-refractivity contribution in [3.63, 3.8) is 0 Å². The third kappa shape index (κ3) is 4.19. The summed E-state index contributed by atoms with van der Waals surface area (Å²) in [4.78, 5) is 28.6. The molecule has 142 valence electrons. The Balaban J connectivity index is 1.57. The van der Waals surface area contributed by atoms with E-state index < -0.39 is 6.04 Å². The molecule has 6 nitrogen and oxygen atoms in total. The van der Waals surface area contributed by atoms with Crippen molar-refractivity contribution in [3.8, 4) is 0 Å². The fourth-order valence-electron chi connectivity index (χ4n) is 3.96. The van der Waals surface area contributed by atoms with Crippen LogP contribution in [-0.2, 0) is 20.9 Å². The number of benzene rings is 1. The van der Waals surface area contributed by atoms with Crippen LogP contribution in [0.15, 0.2) is 24.3 Å². The summed E-state index contributed by atoms with van der Waals surface area (Å²) in [5, 5.41) is 0.696. The fourth-order valence-corrected chi connectivity index (χ4v) is 4.08. The summed E-state index contributed by atoms with van der Waals surface area (Å²) in [6, 6.07) is 7.00. The van der Waals surface area contributed by atoms with Crippen LogP contribution in [0, 0.1) is 5.41 Å². The second kappa shape index (κ2) is 7.94. The molecule has 0 radical (unpaired) electrons. The number of nitrogens with two attached hydrogens (primary N) is 1. The summed E-state index contributed by atoms with van der Waals surface area (Å²) in [6.45, 7) is 2.89. The van der Waals surface area contributed by atoms with E-state index >= 15 is 0 Å². The Morgan fingerprint density at radius 2 is 1.96 bits per heavy atom. The molecule has 2 aliphatic heterocycles. The topological polar surface area (TPSA) is 75.9 Å². The highest BCUT2D eigenvalue weighted by atomic mass is 35.5. The first-order valence-corrected chi connectivity index (χ1v) is 9.36. The van der Waals surface area contributed by atoms with Crippen molar-refractivity contribution in [2.24, 2.45) is 11.1 Å². The van der Waals surface area contributed by atoms with Crippen LogP contribution in [0.4, 0.5) is 0 Å². The summed E-state index contributed by atoms with van der Waals surface area (Å²) in [7, 11) is 1.54. The maximum Gasteiger partial charge on any atom is 0.241 e. The molecule has 26 heavy (non-hydrogen) atoms. The van der Waals surface area contributed by atoms with E-state index in [0.29, 0.717) is 31.1 Å². The predicted molar refractivity (Wildman–Crippen MR) is 99.6 cm³/mol. The highest BCUT2D eigenvalue weighted by Gasteiger charge is 2.45. The second-order valence-corrected chi connectivity index (χ2v) is 7.88. The quantitative estimate of drug-likeness (QED) is 0.844. The Kier molecular flexibility index (Phi) is 5.85. The van der Waals surface area contributed by atoms with E-state index in [4.69, 9.17) is 22.1 Å². The molecular formula is C19H26ClN3O3. The number of nitrogens with zero attached hydrogens (tertiary/aromatic N) is 2. The van der Waals surface area contributed by atoms with Gasteiger partial charge in [-0.05, 0) is 30.5 Å². The number of carbonyl (C=O) groups is 2. The van der Waals surface area contributed by atoms with Gasteiger partial charge >= 0.3 is 0 Å². The summed E-state index contributed by atoms with van der Waals surface area (Å²) in [6.07, 6.45) is 2.23. The second-order valence-electron chi connectivity index (χ2n) is 7.44. The zero-order chi connectivity index (χ0) is 18.7. The van der Waals surface area contributed by atoms with Gasteiger partial charge in [0.25, 0.3) is 0 Å². The molecule has 0 saturated carbocycles. The lowest BCUT2D eigenvalue weighted by molar-refractivity contribution is -0.136. The Labute approximate surface area is 159 Å². The molecule has 3 rings (SSSR count). The van der Waals surface area contributed by atoms with E-state index in [-0.39, 0.29) is 23.8 Å². The lowest BCUT2D eigenvalue weighted by Gasteiger charge is -2.39. The van der Waals surface area contributed by atoms with Gasteiger partial charge in [0.05, 0.1) is 6.61 Å². The van der Waals surface area contributed by atoms with E-state index in [9.17, 15) is 9.59 Å². The van der Waals surface area contributed by atoms with Gasteiger partial charge in [-0.2, -0.15) is 0 Å².